The number of alkyl halides is 2. The Bertz CT molecular complexity index is 281. The van der Waals surface area contributed by atoms with Gasteiger partial charge >= 0.3 is 0 Å². The minimum absolute atomic E-state index is 0.604. The molecule has 0 spiro atoms. The molecule has 3 nitrogen and oxygen atoms in total. The van der Waals surface area contributed by atoms with Crippen molar-refractivity contribution in [2.45, 2.75) is 12.5 Å². The number of halogens is 2. The molecule has 1 aliphatic heterocycles. The number of aromatic amines is 1. The van der Waals surface area contributed by atoms with Crippen LogP contribution in [0.2, 0.25) is 0 Å². The average Bonchev–Trinajstić information content (AvgIpc) is 2.72. The van der Waals surface area contributed by atoms with Gasteiger partial charge in [0.1, 0.15) is 6.04 Å². The van der Waals surface area contributed by atoms with Crippen molar-refractivity contribution >= 4 is 0 Å². The van der Waals surface area contributed by atoms with Gasteiger partial charge in [-0.1, -0.05) is 0 Å². The minimum atomic E-state index is -2.35. The molecule has 0 unspecified atom stereocenters. The summed E-state index contributed by atoms with van der Waals surface area (Å²) in [6.07, 6.45) is -0.658. The highest BCUT2D eigenvalue weighted by Gasteiger charge is 2.30. The van der Waals surface area contributed by atoms with Gasteiger partial charge in [-0.05, 0) is 12.1 Å². The molecule has 2 rings (SSSR count). The molecule has 2 N–H and O–H groups in total. The van der Waals surface area contributed by atoms with Crippen LogP contribution in [0.5, 0.6) is 0 Å². The summed E-state index contributed by atoms with van der Waals surface area (Å²) in [5.74, 6) is 0. The van der Waals surface area contributed by atoms with Gasteiger partial charge in [0.2, 0.25) is 0 Å². The lowest BCUT2D eigenvalue weighted by atomic mass is 10.1. The van der Waals surface area contributed by atoms with E-state index >= 15 is 0 Å². The zero-order chi connectivity index (χ0) is 10.7. The number of hydrogen-bond acceptors (Lipinski definition) is 2. The van der Waals surface area contributed by atoms with Crippen LogP contribution in [0.25, 0.3) is 0 Å². The standard InChI is InChI=1S/C10H15F2N3/c11-10(12)9(8-2-1-3-14-8)15-6-4-13-5-7-15/h1-3,9-10,13-14H,4-7H2/t9-/m1/s1. The molecule has 84 valence electrons. The summed E-state index contributed by atoms with van der Waals surface area (Å²) in [5.41, 5.74) is 0.604. The number of aromatic nitrogens is 1. The Morgan fingerprint density at radius 2 is 2.00 bits per heavy atom. The highest BCUT2D eigenvalue weighted by atomic mass is 19.3. The van der Waals surface area contributed by atoms with Gasteiger partial charge in [0.05, 0.1) is 0 Å². The molecule has 0 aromatic carbocycles. The van der Waals surface area contributed by atoms with E-state index in [0.717, 1.165) is 13.1 Å². The summed E-state index contributed by atoms with van der Waals surface area (Å²) >= 11 is 0. The van der Waals surface area contributed by atoms with Crippen LogP contribution >= 0.6 is 0 Å². The van der Waals surface area contributed by atoms with E-state index in [4.69, 9.17) is 0 Å². The van der Waals surface area contributed by atoms with Gasteiger partial charge in [-0.2, -0.15) is 0 Å². The molecule has 1 atom stereocenters. The van der Waals surface area contributed by atoms with Gasteiger partial charge in [0.25, 0.3) is 6.43 Å². The van der Waals surface area contributed by atoms with E-state index in [1.165, 1.54) is 0 Å². The molecule has 1 saturated heterocycles. The lowest BCUT2D eigenvalue weighted by Gasteiger charge is -2.33. The maximum Gasteiger partial charge on any atom is 0.259 e. The molecule has 1 aromatic rings. The number of H-pyrrole nitrogens is 1. The summed E-state index contributed by atoms with van der Waals surface area (Å²) in [6, 6.07) is 2.69. The first-order valence-electron chi connectivity index (χ1n) is 5.15. The average molecular weight is 215 g/mol. The molecule has 0 bridgehead atoms. The number of rotatable bonds is 3. The topological polar surface area (TPSA) is 31.1 Å². The Balaban J connectivity index is 2.12. The second kappa shape index (κ2) is 4.72. The number of nitrogens with one attached hydrogen (secondary N) is 2. The second-order valence-corrected chi connectivity index (χ2v) is 3.69. The molecule has 1 aromatic heterocycles. The van der Waals surface area contributed by atoms with Crippen molar-refractivity contribution in [3.63, 3.8) is 0 Å². The summed E-state index contributed by atoms with van der Waals surface area (Å²) in [4.78, 5) is 4.70. The molecule has 1 fully saturated rings. The zero-order valence-electron chi connectivity index (χ0n) is 8.42. The van der Waals surface area contributed by atoms with E-state index in [-0.39, 0.29) is 0 Å². The van der Waals surface area contributed by atoms with Crippen LogP contribution in [0.1, 0.15) is 11.7 Å². The number of hydrogen-bond donors (Lipinski definition) is 2. The normalized spacial score (nSPS) is 20.7. The first-order valence-corrected chi connectivity index (χ1v) is 5.15. The molecule has 2 heterocycles. The van der Waals surface area contributed by atoms with Gasteiger partial charge in [0, 0.05) is 38.1 Å². The van der Waals surface area contributed by atoms with Crippen LogP contribution in [-0.2, 0) is 0 Å². The van der Waals surface area contributed by atoms with E-state index in [1.807, 2.05) is 4.90 Å². The predicted octanol–water partition coefficient (Wildman–Crippen LogP) is 1.23. The number of piperazine rings is 1. The van der Waals surface area contributed by atoms with Crippen molar-refractivity contribution in [3.8, 4) is 0 Å². The fraction of sp³-hybridized carbons (Fsp3) is 0.600. The van der Waals surface area contributed by atoms with Crippen LogP contribution in [0.15, 0.2) is 18.3 Å². The maximum atomic E-state index is 13.0. The molecule has 0 saturated carbocycles. The van der Waals surface area contributed by atoms with Crippen LogP contribution in [-0.4, -0.2) is 42.5 Å². The largest absolute Gasteiger partial charge is 0.364 e. The third kappa shape index (κ3) is 2.35. The van der Waals surface area contributed by atoms with E-state index < -0.39 is 12.5 Å². The molecular weight excluding hydrogens is 200 g/mol. The van der Waals surface area contributed by atoms with E-state index in [1.54, 1.807) is 18.3 Å². The first-order chi connectivity index (χ1) is 7.29. The fourth-order valence-electron chi connectivity index (χ4n) is 1.98. The lowest BCUT2D eigenvalue weighted by molar-refractivity contribution is 0.0163. The molecule has 0 aliphatic carbocycles. The van der Waals surface area contributed by atoms with Crippen molar-refractivity contribution in [3.05, 3.63) is 24.0 Å². The van der Waals surface area contributed by atoms with Crippen LogP contribution in [0, 0.1) is 0 Å². The molecule has 5 heteroatoms. The Morgan fingerprint density at radius 3 is 2.53 bits per heavy atom. The molecule has 0 radical (unpaired) electrons. The molecule has 1 aliphatic rings. The summed E-state index contributed by atoms with van der Waals surface area (Å²) in [7, 11) is 0. The Kier molecular flexibility index (Phi) is 3.33. The van der Waals surface area contributed by atoms with Crippen molar-refractivity contribution in [2.24, 2.45) is 0 Å². The maximum absolute atomic E-state index is 13.0. The van der Waals surface area contributed by atoms with E-state index in [2.05, 4.69) is 10.3 Å². The Morgan fingerprint density at radius 1 is 1.27 bits per heavy atom. The van der Waals surface area contributed by atoms with Crippen molar-refractivity contribution in [1.82, 2.24) is 15.2 Å². The van der Waals surface area contributed by atoms with Crippen LogP contribution in [0.3, 0.4) is 0 Å². The van der Waals surface area contributed by atoms with Crippen molar-refractivity contribution in [1.29, 1.82) is 0 Å². The minimum Gasteiger partial charge on any atom is -0.364 e. The van der Waals surface area contributed by atoms with Gasteiger partial charge in [-0.3, -0.25) is 4.90 Å². The fourth-order valence-corrected chi connectivity index (χ4v) is 1.98. The van der Waals surface area contributed by atoms with E-state index in [0.29, 0.717) is 18.8 Å². The van der Waals surface area contributed by atoms with Gasteiger partial charge in [-0.25, -0.2) is 8.78 Å². The summed E-state index contributed by atoms with van der Waals surface area (Å²) in [5, 5.41) is 3.16. The van der Waals surface area contributed by atoms with Crippen LogP contribution < -0.4 is 5.32 Å². The lowest BCUT2D eigenvalue weighted by Crippen LogP contribution is -2.47. The van der Waals surface area contributed by atoms with Gasteiger partial charge < -0.3 is 10.3 Å². The first kappa shape index (κ1) is 10.6. The molecular formula is C10H15F2N3. The summed E-state index contributed by atoms with van der Waals surface area (Å²) in [6.45, 7) is 2.91. The van der Waals surface area contributed by atoms with Crippen LogP contribution in [0.4, 0.5) is 8.78 Å². The molecule has 15 heavy (non-hydrogen) atoms. The highest BCUT2D eigenvalue weighted by Crippen LogP contribution is 2.26. The highest BCUT2D eigenvalue weighted by molar-refractivity contribution is 5.10. The SMILES string of the molecule is FC(F)[C@@H](c1ccc[nH]1)N1CCNCC1. The van der Waals surface area contributed by atoms with E-state index in [9.17, 15) is 8.78 Å². The van der Waals surface area contributed by atoms with Crippen molar-refractivity contribution < 1.29 is 8.78 Å². The van der Waals surface area contributed by atoms with Crippen molar-refractivity contribution in [2.75, 3.05) is 26.2 Å². The third-order valence-electron chi connectivity index (χ3n) is 2.72. The number of nitrogens with zero attached hydrogens (tertiary/aromatic N) is 1. The predicted molar refractivity (Wildman–Crippen MR) is 54.0 cm³/mol. The smallest absolute Gasteiger partial charge is 0.259 e. The quantitative estimate of drug-likeness (QED) is 0.794. The zero-order valence-corrected chi connectivity index (χ0v) is 8.42. The van der Waals surface area contributed by atoms with Gasteiger partial charge in [0.15, 0.2) is 0 Å². The second-order valence-electron chi connectivity index (χ2n) is 3.69. The summed E-state index contributed by atoms with van der Waals surface area (Å²) < 4.78 is 25.9. The monoisotopic (exact) mass is 215 g/mol. The third-order valence-corrected chi connectivity index (χ3v) is 2.72. The Labute approximate surface area is 87.5 Å². The Hall–Kier alpha value is -0.940. The van der Waals surface area contributed by atoms with Gasteiger partial charge in [-0.15, -0.1) is 0 Å². The molecule has 0 amide bonds.